The van der Waals surface area contributed by atoms with Gasteiger partial charge in [-0.05, 0) is 12.3 Å². The molecule has 170 valence electrons. The molecule has 0 saturated heterocycles. The lowest BCUT2D eigenvalue weighted by molar-refractivity contribution is -0.135. The Balaban J connectivity index is 1.78. The second-order valence-electron chi connectivity index (χ2n) is 9.16. The molecule has 4 N–H and O–H groups in total. The summed E-state index contributed by atoms with van der Waals surface area (Å²) in [5.74, 6) is -0.750. The fourth-order valence-electron chi connectivity index (χ4n) is 6.32. The zero-order valence-electron chi connectivity index (χ0n) is 18.5. The van der Waals surface area contributed by atoms with Gasteiger partial charge in [-0.1, -0.05) is 20.8 Å². The molecule has 0 aromatic carbocycles. The molecule has 1 spiro atoms. The first-order chi connectivity index (χ1) is 14.7. The van der Waals surface area contributed by atoms with Crippen molar-refractivity contribution >= 4 is 17.5 Å². The van der Waals surface area contributed by atoms with Gasteiger partial charge in [0, 0.05) is 48.7 Å². The third-order valence-electron chi connectivity index (χ3n) is 8.21. The summed E-state index contributed by atoms with van der Waals surface area (Å²) in [5.41, 5.74) is 5.64. The maximum Gasteiger partial charge on any atom is 0.272 e. The van der Waals surface area contributed by atoms with E-state index in [9.17, 15) is 14.7 Å². The Morgan fingerprint density at radius 3 is 2.74 bits per heavy atom. The van der Waals surface area contributed by atoms with Gasteiger partial charge in [0.25, 0.3) is 5.91 Å². The lowest BCUT2D eigenvalue weighted by Crippen LogP contribution is -2.39. The SMILES string of the molecule is CCC12c3cnn(C)c3[C@@H](C(=NC)NOCC(=O)NO)C(C)[C@@H](C)C(=O)CC13C2[C@H]3O. The van der Waals surface area contributed by atoms with Crippen molar-refractivity contribution < 1.29 is 24.7 Å². The van der Waals surface area contributed by atoms with Gasteiger partial charge in [0.1, 0.15) is 11.6 Å². The molecule has 10 heteroatoms. The van der Waals surface area contributed by atoms with E-state index in [-0.39, 0.29) is 40.3 Å². The first kappa shape index (κ1) is 21.9. The molecule has 1 aromatic heterocycles. The van der Waals surface area contributed by atoms with Gasteiger partial charge >= 0.3 is 0 Å². The van der Waals surface area contributed by atoms with Gasteiger partial charge in [0.2, 0.25) is 0 Å². The minimum Gasteiger partial charge on any atom is -0.392 e. The Bertz CT molecular complexity index is 945. The van der Waals surface area contributed by atoms with Gasteiger partial charge in [0.15, 0.2) is 6.61 Å². The molecule has 2 saturated carbocycles. The van der Waals surface area contributed by atoms with Crippen LogP contribution < -0.4 is 11.0 Å². The number of amidine groups is 1. The van der Waals surface area contributed by atoms with Crippen molar-refractivity contribution in [1.82, 2.24) is 20.7 Å². The molecule has 3 aliphatic rings. The summed E-state index contributed by atoms with van der Waals surface area (Å²) in [6, 6.07) is 0. The Morgan fingerprint density at radius 1 is 1.45 bits per heavy atom. The van der Waals surface area contributed by atoms with Gasteiger partial charge in [-0.2, -0.15) is 5.10 Å². The van der Waals surface area contributed by atoms with Crippen molar-refractivity contribution in [3.05, 3.63) is 17.5 Å². The van der Waals surface area contributed by atoms with Crippen molar-refractivity contribution in [2.45, 2.75) is 51.0 Å². The number of nitrogens with zero attached hydrogens (tertiary/aromatic N) is 3. The maximum atomic E-state index is 13.3. The van der Waals surface area contributed by atoms with E-state index in [0.29, 0.717) is 12.3 Å². The number of carbonyl (C=O) groups is 2. The van der Waals surface area contributed by atoms with Crippen LogP contribution >= 0.6 is 0 Å². The number of hydrogen-bond donors (Lipinski definition) is 4. The molecule has 1 amide bonds. The topological polar surface area (TPSA) is 138 Å². The highest BCUT2D eigenvalue weighted by Gasteiger charge is 2.95. The molecule has 3 aliphatic carbocycles. The monoisotopic (exact) mass is 433 g/mol. The number of fused-ring (bicyclic) bond motifs is 3. The molecular formula is C21H31N5O5. The molecule has 0 bridgehead atoms. The van der Waals surface area contributed by atoms with E-state index in [1.807, 2.05) is 31.8 Å². The molecule has 1 heterocycles. The minimum absolute atomic E-state index is 0.0811. The summed E-state index contributed by atoms with van der Waals surface area (Å²) in [4.78, 5) is 34.2. The quantitative estimate of drug-likeness (QED) is 0.229. The van der Waals surface area contributed by atoms with E-state index < -0.39 is 18.6 Å². The predicted molar refractivity (Wildman–Crippen MR) is 110 cm³/mol. The lowest BCUT2D eigenvalue weighted by Gasteiger charge is -2.32. The number of rotatable bonds is 5. The fraction of sp³-hybridized carbons (Fsp3) is 0.714. The number of aromatic nitrogens is 2. The van der Waals surface area contributed by atoms with E-state index in [4.69, 9.17) is 10.0 Å². The minimum atomic E-state index is -0.700. The number of aliphatic hydroxyl groups excluding tert-OH is 1. The van der Waals surface area contributed by atoms with Crippen molar-refractivity contribution in [3.8, 4) is 0 Å². The fourth-order valence-corrected chi connectivity index (χ4v) is 6.32. The van der Waals surface area contributed by atoms with Crippen LogP contribution in [0, 0.1) is 23.2 Å². The van der Waals surface area contributed by atoms with Crippen LogP contribution in [0.25, 0.3) is 0 Å². The van der Waals surface area contributed by atoms with Crippen molar-refractivity contribution in [2.75, 3.05) is 13.7 Å². The number of ketones is 1. The molecular weight excluding hydrogens is 402 g/mol. The molecule has 7 atom stereocenters. The number of hydroxylamine groups is 2. The number of Topliss-reactive ketones (excluding diaryl/α,β-unsaturated/α-hetero) is 1. The van der Waals surface area contributed by atoms with E-state index in [0.717, 1.165) is 17.7 Å². The van der Waals surface area contributed by atoms with Gasteiger partial charge in [-0.15, -0.1) is 0 Å². The number of aliphatic hydroxyl groups is 1. The van der Waals surface area contributed by atoms with Crippen molar-refractivity contribution in [3.63, 3.8) is 0 Å². The van der Waals surface area contributed by atoms with Gasteiger partial charge < -0.3 is 5.11 Å². The van der Waals surface area contributed by atoms with Gasteiger partial charge in [-0.3, -0.25) is 34.8 Å². The summed E-state index contributed by atoms with van der Waals surface area (Å²) in [6.45, 7) is 5.63. The average Bonchev–Trinajstić information content (AvgIpc) is 3.50. The molecule has 10 nitrogen and oxygen atoms in total. The number of aryl methyl sites for hydroxylation is 1. The highest BCUT2D eigenvalue weighted by atomic mass is 16.6. The van der Waals surface area contributed by atoms with E-state index in [1.165, 1.54) is 5.48 Å². The van der Waals surface area contributed by atoms with Crippen LogP contribution in [0.1, 0.15) is 50.8 Å². The van der Waals surface area contributed by atoms with Gasteiger partial charge in [0.05, 0.1) is 23.9 Å². The predicted octanol–water partition coefficient (Wildman–Crippen LogP) is 0.442. The second kappa shape index (κ2) is 7.39. The Morgan fingerprint density at radius 2 is 2.16 bits per heavy atom. The molecule has 31 heavy (non-hydrogen) atoms. The molecule has 4 rings (SSSR count). The van der Waals surface area contributed by atoms with Crippen LogP contribution in [0.2, 0.25) is 0 Å². The van der Waals surface area contributed by atoms with Crippen LogP contribution in [-0.4, -0.2) is 57.4 Å². The van der Waals surface area contributed by atoms with Crippen molar-refractivity contribution in [1.29, 1.82) is 0 Å². The summed E-state index contributed by atoms with van der Waals surface area (Å²) in [5, 5.41) is 23.8. The van der Waals surface area contributed by atoms with Crippen LogP contribution in [-0.2, 0) is 26.9 Å². The summed E-state index contributed by atoms with van der Waals surface area (Å²) in [6.07, 6.45) is 2.61. The van der Waals surface area contributed by atoms with Crippen LogP contribution in [0.4, 0.5) is 0 Å². The number of aliphatic imine (C=N–C) groups is 1. The zero-order chi connectivity index (χ0) is 22.7. The van der Waals surface area contributed by atoms with Crippen LogP contribution in [0.15, 0.2) is 11.2 Å². The third-order valence-corrected chi connectivity index (χ3v) is 8.21. The highest BCUT2D eigenvalue weighted by molar-refractivity contribution is 5.92. The standard InChI is InChI=1S/C21H31N5O5/c1-6-20-12-8-23-26(5)16(12)15(19(22-4)25-31-9-14(28)24-30)11(3)10(2)13(27)7-21(20)17(20)18(21)29/h8,10-11,15,17-18,29-30H,6-7,9H2,1-5H3,(H,22,25)(H,24,28)/t10-,11?,15+,17?,18-,20?,21?/m1/s1. The molecule has 2 fully saturated rings. The first-order valence-corrected chi connectivity index (χ1v) is 10.7. The smallest absolute Gasteiger partial charge is 0.272 e. The summed E-state index contributed by atoms with van der Waals surface area (Å²) < 4.78 is 1.82. The molecule has 0 radical (unpaired) electrons. The highest BCUT2D eigenvalue weighted by Crippen LogP contribution is 2.90. The zero-order valence-corrected chi connectivity index (χ0v) is 18.5. The second-order valence-corrected chi connectivity index (χ2v) is 9.16. The Hall–Kier alpha value is -2.30. The first-order valence-electron chi connectivity index (χ1n) is 10.7. The maximum absolute atomic E-state index is 13.3. The van der Waals surface area contributed by atoms with Gasteiger partial charge in [-0.25, -0.2) is 5.48 Å². The summed E-state index contributed by atoms with van der Waals surface area (Å²) >= 11 is 0. The van der Waals surface area contributed by atoms with Crippen LogP contribution in [0.3, 0.4) is 0 Å². The average molecular weight is 434 g/mol. The Labute approximate surface area is 181 Å². The number of amides is 1. The Kier molecular flexibility index (Phi) is 5.22. The number of nitrogens with one attached hydrogen (secondary N) is 2. The van der Waals surface area contributed by atoms with E-state index in [2.05, 4.69) is 22.5 Å². The van der Waals surface area contributed by atoms with Crippen molar-refractivity contribution in [2.24, 2.45) is 35.2 Å². The molecule has 0 aliphatic heterocycles. The normalized spacial score (nSPS) is 38.7. The lowest BCUT2D eigenvalue weighted by atomic mass is 9.74. The van der Waals surface area contributed by atoms with Crippen LogP contribution in [0.5, 0.6) is 0 Å². The summed E-state index contributed by atoms with van der Waals surface area (Å²) in [7, 11) is 3.49. The number of hydrogen-bond acceptors (Lipinski definition) is 7. The van der Waals surface area contributed by atoms with E-state index in [1.54, 1.807) is 7.05 Å². The largest absolute Gasteiger partial charge is 0.392 e. The molecule has 1 aromatic rings. The third kappa shape index (κ3) is 2.74. The molecule has 4 unspecified atom stereocenters. The number of carbonyl (C=O) groups excluding carboxylic acids is 2. The van der Waals surface area contributed by atoms with E-state index >= 15 is 0 Å².